The molecule has 3 aromatic rings. The Bertz CT molecular complexity index is 513. The van der Waals surface area contributed by atoms with E-state index in [9.17, 15) is 0 Å². The molecule has 0 saturated heterocycles. The number of rotatable bonds is 0. The molecule has 3 rings (SSSR count). The van der Waals surface area contributed by atoms with Gasteiger partial charge in [-0.25, -0.2) is 0 Å². The van der Waals surface area contributed by atoms with E-state index in [1.807, 2.05) is 48.7 Å². The highest BCUT2D eigenvalue weighted by Gasteiger charge is 1.86. The summed E-state index contributed by atoms with van der Waals surface area (Å²) < 4.78 is 0. The minimum absolute atomic E-state index is 0. The Morgan fingerprint density at radius 1 is 0.722 bits per heavy atom. The van der Waals surface area contributed by atoms with Crippen molar-refractivity contribution in [1.82, 2.24) is 4.98 Å². The molecule has 0 spiro atoms. The van der Waals surface area contributed by atoms with Gasteiger partial charge in [0.2, 0.25) is 0 Å². The third-order valence-electron chi connectivity index (χ3n) is 2.45. The SMILES string of the molecule is Cc1ccccc1.S.c1ccc2ncccc2c1. The van der Waals surface area contributed by atoms with E-state index in [-0.39, 0.29) is 13.5 Å². The molecule has 0 bridgehead atoms. The van der Waals surface area contributed by atoms with Crippen LogP contribution in [-0.2, 0) is 0 Å². The van der Waals surface area contributed by atoms with E-state index >= 15 is 0 Å². The van der Waals surface area contributed by atoms with Gasteiger partial charge in [0.15, 0.2) is 0 Å². The molecule has 2 aromatic carbocycles. The van der Waals surface area contributed by atoms with Crippen LogP contribution in [0.2, 0.25) is 0 Å². The molecular formula is C16H17NS. The van der Waals surface area contributed by atoms with E-state index in [4.69, 9.17) is 0 Å². The average molecular weight is 255 g/mol. The van der Waals surface area contributed by atoms with Crippen molar-refractivity contribution in [3.05, 3.63) is 78.5 Å². The van der Waals surface area contributed by atoms with Crippen molar-refractivity contribution < 1.29 is 0 Å². The van der Waals surface area contributed by atoms with Gasteiger partial charge in [-0.3, -0.25) is 4.98 Å². The maximum absolute atomic E-state index is 4.18. The van der Waals surface area contributed by atoms with Crippen LogP contribution in [0.1, 0.15) is 5.56 Å². The van der Waals surface area contributed by atoms with Gasteiger partial charge in [-0.1, -0.05) is 60.2 Å². The normalized spacial score (nSPS) is 8.94. The van der Waals surface area contributed by atoms with Crippen LogP contribution in [0.15, 0.2) is 72.9 Å². The highest BCUT2D eigenvalue weighted by Crippen LogP contribution is 2.07. The smallest absolute Gasteiger partial charge is 0.0701 e. The molecule has 0 N–H and O–H groups in total. The number of hydrogen-bond donors (Lipinski definition) is 0. The van der Waals surface area contributed by atoms with Gasteiger partial charge in [0, 0.05) is 11.6 Å². The van der Waals surface area contributed by atoms with Gasteiger partial charge in [-0.15, -0.1) is 0 Å². The molecule has 1 nitrogen and oxygen atoms in total. The first-order valence-corrected chi connectivity index (χ1v) is 5.68. The molecule has 0 aliphatic heterocycles. The number of aromatic nitrogens is 1. The number of nitrogens with zero attached hydrogens (tertiary/aromatic N) is 1. The fourth-order valence-corrected chi connectivity index (χ4v) is 1.55. The molecule has 0 amide bonds. The molecule has 1 heterocycles. The van der Waals surface area contributed by atoms with Gasteiger partial charge in [0.05, 0.1) is 5.52 Å². The van der Waals surface area contributed by atoms with Crippen LogP contribution in [0.25, 0.3) is 10.9 Å². The van der Waals surface area contributed by atoms with Crippen LogP contribution in [0.3, 0.4) is 0 Å². The number of pyridine rings is 1. The molecule has 0 unspecified atom stereocenters. The van der Waals surface area contributed by atoms with Crippen molar-refractivity contribution in [3.63, 3.8) is 0 Å². The number of benzene rings is 2. The van der Waals surface area contributed by atoms with Crippen LogP contribution in [-0.4, -0.2) is 4.98 Å². The van der Waals surface area contributed by atoms with Gasteiger partial charge in [0.25, 0.3) is 0 Å². The zero-order valence-corrected chi connectivity index (χ0v) is 11.4. The zero-order valence-electron chi connectivity index (χ0n) is 10.4. The first kappa shape index (κ1) is 14.3. The number of para-hydroxylation sites is 1. The van der Waals surface area contributed by atoms with Crippen LogP contribution in [0.5, 0.6) is 0 Å². The molecule has 0 atom stereocenters. The lowest BCUT2D eigenvalue weighted by atomic mass is 10.2. The van der Waals surface area contributed by atoms with Gasteiger partial charge >= 0.3 is 0 Å². The van der Waals surface area contributed by atoms with E-state index in [1.165, 1.54) is 10.9 Å². The molecule has 1 aromatic heterocycles. The monoisotopic (exact) mass is 255 g/mol. The molecule has 0 fully saturated rings. The maximum atomic E-state index is 4.18. The molecule has 18 heavy (non-hydrogen) atoms. The topological polar surface area (TPSA) is 12.9 Å². The lowest BCUT2D eigenvalue weighted by Gasteiger charge is -1.91. The Morgan fingerprint density at radius 2 is 1.33 bits per heavy atom. The lowest BCUT2D eigenvalue weighted by molar-refractivity contribution is 1.41. The predicted molar refractivity (Wildman–Crippen MR) is 83.3 cm³/mol. The molecule has 2 heteroatoms. The Balaban J connectivity index is 0.000000181. The Hall–Kier alpha value is -1.80. The van der Waals surface area contributed by atoms with Gasteiger partial charge in [-0.05, 0) is 19.1 Å². The van der Waals surface area contributed by atoms with Crippen molar-refractivity contribution in [1.29, 1.82) is 0 Å². The van der Waals surface area contributed by atoms with Crippen molar-refractivity contribution in [3.8, 4) is 0 Å². The summed E-state index contributed by atoms with van der Waals surface area (Å²) in [7, 11) is 0. The molecule has 0 radical (unpaired) electrons. The second-order valence-electron chi connectivity index (χ2n) is 3.85. The number of hydrogen-bond acceptors (Lipinski definition) is 1. The van der Waals surface area contributed by atoms with Crippen LogP contribution >= 0.6 is 13.5 Å². The van der Waals surface area contributed by atoms with Gasteiger partial charge in [0.1, 0.15) is 0 Å². The van der Waals surface area contributed by atoms with Crippen molar-refractivity contribution >= 4 is 24.4 Å². The fourth-order valence-electron chi connectivity index (χ4n) is 1.55. The molecule has 0 aliphatic carbocycles. The van der Waals surface area contributed by atoms with E-state index < -0.39 is 0 Å². The molecule has 92 valence electrons. The Labute approximate surface area is 115 Å². The summed E-state index contributed by atoms with van der Waals surface area (Å²) in [5, 5.41) is 1.20. The summed E-state index contributed by atoms with van der Waals surface area (Å²) in [6.07, 6.45) is 1.81. The quantitative estimate of drug-likeness (QED) is 0.582. The minimum atomic E-state index is 0. The first-order valence-electron chi connectivity index (χ1n) is 5.68. The highest BCUT2D eigenvalue weighted by molar-refractivity contribution is 7.59. The second-order valence-corrected chi connectivity index (χ2v) is 3.85. The van der Waals surface area contributed by atoms with Gasteiger partial charge in [-0.2, -0.15) is 13.5 Å². The van der Waals surface area contributed by atoms with Crippen LogP contribution < -0.4 is 0 Å². The van der Waals surface area contributed by atoms with Gasteiger partial charge < -0.3 is 0 Å². The van der Waals surface area contributed by atoms with Crippen molar-refractivity contribution in [2.75, 3.05) is 0 Å². The highest BCUT2D eigenvalue weighted by atomic mass is 32.1. The second kappa shape index (κ2) is 7.51. The largest absolute Gasteiger partial charge is 0.256 e. The molecule has 0 saturated carbocycles. The third-order valence-corrected chi connectivity index (χ3v) is 2.45. The standard InChI is InChI=1S/C9H7N.C7H8.H2S/c1-2-6-9-8(4-1)5-3-7-10-9;1-7-5-3-2-4-6-7;/h1-7H;2-6H,1H3;1H2. The summed E-state index contributed by atoms with van der Waals surface area (Å²) >= 11 is 0. The molecular weight excluding hydrogens is 238 g/mol. The van der Waals surface area contributed by atoms with E-state index in [2.05, 4.69) is 36.2 Å². The summed E-state index contributed by atoms with van der Waals surface area (Å²) in [5.74, 6) is 0. The van der Waals surface area contributed by atoms with Crippen LogP contribution in [0, 0.1) is 6.92 Å². The summed E-state index contributed by atoms with van der Waals surface area (Å²) in [4.78, 5) is 4.18. The number of fused-ring (bicyclic) bond motifs is 1. The number of aryl methyl sites for hydroxylation is 1. The van der Waals surface area contributed by atoms with E-state index in [0.717, 1.165) is 5.52 Å². The minimum Gasteiger partial charge on any atom is -0.256 e. The summed E-state index contributed by atoms with van der Waals surface area (Å²) in [6.45, 7) is 2.08. The fraction of sp³-hybridized carbons (Fsp3) is 0.0625. The van der Waals surface area contributed by atoms with E-state index in [1.54, 1.807) is 0 Å². The Kier molecular flexibility index (Phi) is 5.95. The first-order chi connectivity index (χ1) is 8.36. The third kappa shape index (κ3) is 4.22. The maximum Gasteiger partial charge on any atom is 0.0701 e. The summed E-state index contributed by atoms with van der Waals surface area (Å²) in [6, 6.07) is 22.3. The van der Waals surface area contributed by atoms with Crippen LogP contribution in [0.4, 0.5) is 0 Å². The van der Waals surface area contributed by atoms with E-state index in [0.29, 0.717) is 0 Å². The van der Waals surface area contributed by atoms with Crippen molar-refractivity contribution in [2.24, 2.45) is 0 Å². The lowest BCUT2D eigenvalue weighted by Crippen LogP contribution is -1.73. The predicted octanol–water partition coefficient (Wildman–Crippen LogP) is 4.34. The Morgan fingerprint density at radius 3 is 1.94 bits per heavy atom. The zero-order chi connectivity index (χ0) is 11.9. The average Bonchev–Trinajstić information content (AvgIpc) is 2.41. The van der Waals surface area contributed by atoms with Crippen molar-refractivity contribution in [2.45, 2.75) is 6.92 Å². The summed E-state index contributed by atoms with van der Waals surface area (Å²) in [5.41, 5.74) is 2.38. The molecule has 0 aliphatic rings.